The van der Waals surface area contributed by atoms with Crippen molar-refractivity contribution in [2.24, 2.45) is 0 Å². The minimum absolute atomic E-state index is 0.0817. The lowest BCUT2D eigenvalue weighted by atomic mass is 10.0. The van der Waals surface area contributed by atoms with E-state index < -0.39 is 0 Å². The van der Waals surface area contributed by atoms with Gasteiger partial charge >= 0.3 is 0 Å². The molecule has 0 saturated heterocycles. The van der Waals surface area contributed by atoms with Crippen molar-refractivity contribution in [3.05, 3.63) is 28.5 Å². The second-order valence-electron chi connectivity index (χ2n) is 3.21. The Morgan fingerprint density at radius 3 is 2.69 bits per heavy atom. The zero-order valence-corrected chi connectivity index (χ0v) is 8.72. The molecule has 1 aromatic rings. The van der Waals surface area contributed by atoms with Gasteiger partial charge in [0.25, 0.3) is 0 Å². The molecule has 1 unspecified atom stereocenters. The van der Waals surface area contributed by atoms with Crippen LogP contribution in [0.15, 0.2) is 12.3 Å². The Balaban J connectivity index is 3.08. The van der Waals surface area contributed by atoms with Gasteiger partial charge in [0.2, 0.25) is 0 Å². The molecule has 0 amide bonds. The molecule has 0 radical (unpaired) electrons. The molecule has 0 aromatic carbocycles. The first-order chi connectivity index (χ1) is 6.02. The number of carbonyl (C=O) groups excluding carboxylic acids is 1. The summed E-state index contributed by atoms with van der Waals surface area (Å²) in [7, 11) is 0. The summed E-state index contributed by atoms with van der Waals surface area (Å²) in [5, 5.41) is 0.572. The average molecular weight is 198 g/mol. The van der Waals surface area contributed by atoms with Gasteiger partial charge in [-0.1, -0.05) is 11.6 Å². The first-order valence-corrected chi connectivity index (χ1v) is 4.52. The normalized spacial score (nSPS) is 12.6. The number of halogens is 1. The molecule has 1 rings (SSSR count). The van der Waals surface area contributed by atoms with Gasteiger partial charge in [0.1, 0.15) is 5.78 Å². The lowest BCUT2D eigenvalue weighted by Crippen LogP contribution is -2.07. The van der Waals surface area contributed by atoms with E-state index in [0.29, 0.717) is 10.7 Å². The molecule has 1 atom stereocenters. The highest BCUT2D eigenvalue weighted by Gasteiger charge is 2.15. The third-order valence-corrected chi connectivity index (χ3v) is 2.33. The molecule has 1 aromatic heterocycles. The second-order valence-corrected chi connectivity index (χ2v) is 3.62. The molecule has 0 N–H and O–H groups in total. The molecule has 1 heterocycles. The van der Waals surface area contributed by atoms with Crippen LogP contribution in [0.4, 0.5) is 0 Å². The Bertz CT molecular complexity index is 336. The fourth-order valence-corrected chi connectivity index (χ4v) is 1.44. The number of hydrogen-bond donors (Lipinski definition) is 0. The summed E-state index contributed by atoms with van der Waals surface area (Å²) in [6, 6.07) is 1.82. The van der Waals surface area contributed by atoms with Crippen molar-refractivity contribution in [2.45, 2.75) is 26.7 Å². The van der Waals surface area contributed by atoms with E-state index >= 15 is 0 Å². The van der Waals surface area contributed by atoms with Gasteiger partial charge in [0, 0.05) is 6.20 Å². The number of aromatic nitrogens is 1. The van der Waals surface area contributed by atoms with Crippen LogP contribution < -0.4 is 0 Å². The Kier molecular flexibility index (Phi) is 3.04. The van der Waals surface area contributed by atoms with Crippen LogP contribution in [0, 0.1) is 6.92 Å². The molecule has 2 nitrogen and oxygen atoms in total. The highest BCUT2D eigenvalue weighted by atomic mass is 35.5. The van der Waals surface area contributed by atoms with E-state index in [1.165, 1.54) is 0 Å². The maximum atomic E-state index is 11.1. The van der Waals surface area contributed by atoms with E-state index in [-0.39, 0.29) is 11.7 Å². The number of ketones is 1. The van der Waals surface area contributed by atoms with Gasteiger partial charge in [0.05, 0.1) is 16.6 Å². The highest BCUT2D eigenvalue weighted by Crippen LogP contribution is 2.23. The van der Waals surface area contributed by atoms with Gasteiger partial charge in [-0.15, -0.1) is 0 Å². The van der Waals surface area contributed by atoms with Crippen molar-refractivity contribution in [3.63, 3.8) is 0 Å². The van der Waals surface area contributed by atoms with Crippen molar-refractivity contribution in [2.75, 3.05) is 0 Å². The lowest BCUT2D eigenvalue weighted by Gasteiger charge is -2.08. The molecule has 13 heavy (non-hydrogen) atoms. The number of aryl methyl sites for hydroxylation is 1. The van der Waals surface area contributed by atoms with E-state index in [1.807, 2.05) is 19.9 Å². The van der Waals surface area contributed by atoms with Crippen LogP contribution in [0.3, 0.4) is 0 Å². The van der Waals surface area contributed by atoms with Gasteiger partial charge in [-0.2, -0.15) is 0 Å². The molecule has 0 fully saturated rings. The first kappa shape index (κ1) is 10.2. The molecule has 0 aliphatic heterocycles. The third kappa shape index (κ3) is 2.28. The molecule has 0 bridgehead atoms. The summed E-state index contributed by atoms with van der Waals surface area (Å²) in [6.45, 7) is 5.27. The van der Waals surface area contributed by atoms with E-state index in [0.717, 1.165) is 5.56 Å². The predicted octanol–water partition coefficient (Wildman–Crippen LogP) is 2.74. The molecule has 0 saturated carbocycles. The van der Waals surface area contributed by atoms with E-state index in [9.17, 15) is 4.79 Å². The number of hydrogen-bond acceptors (Lipinski definition) is 2. The fourth-order valence-electron chi connectivity index (χ4n) is 1.06. The number of rotatable bonds is 2. The molecule has 70 valence electrons. The summed E-state index contributed by atoms with van der Waals surface area (Å²) in [5.41, 5.74) is 1.67. The Hall–Kier alpha value is -0.890. The zero-order chi connectivity index (χ0) is 10.0. The molecule has 3 heteroatoms. The van der Waals surface area contributed by atoms with Crippen LogP contribution in [0.5, 0.6) is 0 Å². The zero-order valence-electron chi connectivity index (χ0n) is 7.97. The number of nitrogens with zero attached hydrogens (tertiary/aromatic N) is 1. The molecule has 0 aliphatic rings. The van der Waals surface area contributed by atoms with Crippen molar-refractivity contribution in [1.82, 2.24) is 4.98 Å². The van der Waals surface area contributed by atoms with Crippen molar-refractivity contribution in [1.29, 1.82) is 0 Å². The quantitative estimate of drug-likeness (QED) is 0.730. The highest BCUT2D eigenvalue weighted by molar-refractivity contribution is 6.31. The molecule has 0 spiro atoms. The van der Waals surface area contributed by atoms with E-state index in [2.05, 4.69) is 4.98 Å². The first-order valence-electron chi connectivity index (χ1n) is 4.15. The predicted molar refractivity (Wildman–Crippen MR) is 53.1 cm³/mol. The Morgan fingerprint density at radius 1 is 1.62 bits per heavy atom. The number of carbonyl (C=O) groups is 1. The summed E-state index contributed by atoms with van der Waals surface area (Å²) < 4.78 is 0. The maximum Gasteiger partial charge on any atom is 0.138 e. The van der Waals surface area contributed by atoms with Crippen LogP contribution in [-0.2, 0) is 4.79 Å². The van der Waals surface area contributed by atoms with Gasteiger partial charge in [0.15, 0.2) is 0 Å². The minimum Gasteiger partial charge on any atom is -0.299 e. The van der Waals surface area contributed by atoms with Crippen LogP contribution >= 0.6 is 11.6 Å². The second kappa shape index (κ2) is 3.88. The summed E-state index contributed by atoms with van der Waals surface area (Å²) in [6.07, 6.45) is 1.72. The Morgan fingerprint density at radius 2 is 2.23 bits per heavy atom. The SMILES string of the molecule is CC(=O)C(C)c1ncc(C)cc1Cl. The largest absolute Gasteiger partial charge is 0.299 e. The summed E-state index contributed by atoms with van der Waals surface area (Å²) in [4.78, 5) is 15.2. The van der Waals surface area contributed by atoms with Crippen molar-refractivity contribution in [3.8, 4) is 0 Å². The van der Waals surface area contributed by atoms with Crippen molar-refractivity contribution < 1.29 is 4.79 Å². The standard InChI is InChI=1S/C10H12ClNO/c1-6-4-9(11)10(12-5-6)7(2)8(3)13/h4-5,7H,1-3H3. The monoisotopic (exact) mass is 197 g/mol. The van der Waals surface area contributed by atoms with Crippen LogP contribution in [0.25, 0.3) is 0 Å². The van der Waals surface area contributed by atoms with Crippen LogP contribution in [-0.4, -0.2) is 10.8 Å². The van der Waals surface area contributed by atoms with E-state index in [4.69, 9.17) is 11.6 Å². The van der Waals surface area contributed by atoms with Gasteiger partial charge in [-0.3, -0.25) is 9.78 Å². The van der Waals surface area contributed by atoms with Crippen LogP contribution in [0.1, 0.15) is 31.0 Å². The average Bonchev–Trinajstić information content (AvgIpc) is 2.03. The summed E-state index contributed by atoms with van der Waals surface area (Å²) >= 11 is 5.95. The Labute approximate surface area is 82.9 Å². The van der Waals surface area contributed by atoms with Crippen molar-refractivity contribution >= 4 is 17.4 Å². The molecular formula is C10H12ClNO. The molecule has 0 aliphatic carbocycles. The van der Waals surface area contributed by atoms with Gasteiger partial charge in [-0.25, -0.2) is 0 Å². The van der Waals surface area contributed by atoms with Gasteiger partial charge in [-0.05, 0) is 32.4 Å². The smallest absolute Gasteiger partial charge is 0.138 e. The van der Waals surface area contributed by atoms with Crippen LogP contribution in [0.2, 0.25) is 5.02 Å². The summed E-state index contributed by atoms with van der Waals surface area (Å²) in [5.74, 6) is -0.133. The molecular weight excluding hydrogens is 186 g/mol. The maximum absolute atomic E-state index is 11.1. The van der Waals surface area contributed by atoms with Gasteiger partial charge < -0.3 is 0 Å². The van der Waals surface area contributed by atoms with E-state index in [1.54, 1.807) is 13.1 Å². The topological polar surface area (TPSA) is 30.0 Å². The third-order valence-electron chi connectivity index (χ3n) is 2.03. The fraction of sp³-hybridized carbons (Fsp3) is 0.400. The lowest BCUT2D eigenvalue weighted by molar-refractivity contribution is -0.118. The number of pyridine rings is 1. The number of Topliss-reactive ketones (excluding diaryl/α,β-unsaturated/α-hetero) is 1. The minimum atomic E-state index is -0.215.